The molecule has 3 nitrogen and oxygen atoms in total. The molecular weight excluding hydrogens is 258 g/mol. The molecule has 0 atom stereocenters. The second kappa shape index (κ2) is 7.25. The van der Waals surface area contributed by atoms with Gasteiger partial charge in [0.05, 0.1) is 17.3 Å². The summed E-state index contributed by atoms with van der Waals surface area (Å²) in [6.45, 7) is 6.32. The molecule has 2 rings (SSSR count). The second-order valence-electron chi connectivity index (χ2n) is 4.68. The molecule has 0 spiro atoms. The zero-order chi connectivity index (χ0) is 15.1. The molecule has 21 heavy (non-hydrogen) atoms. The van der Waals surface area contributed by atoms with Crippen molar-refractivity contribution in [1.29, 1.82) is 5.26 Å². The van der Waals surface area contributed by atoms with E-state index in [1.165, 1.54) is 5.69 Å². The van der Waals surface area contributed by atoms with Crippen LogP contribution in [0.4, 0.5) is 11.4 Å². The van der Waals surface area contributed by atoms with Crippen LogP contribution in [0.3, 0.4) is 0 Å². The van der Waals surface area contributed by atoms with Gasteiger partial charge < -0.3 is 4.90 Å². The maximum Gasteiger partial charge on any atom is 0.0991 e. The quantitative estimate of drug-likeness (QED) is 0.770. The highest BCUT2D eigenvalue weighted by atomic mass is 15.1. The Hall–Kier alpha value is -2.60. The van der Waals surface area contributed by atoms with Crippen molar-refractivity contribution in [1.82, 2.24) is 0 Å². The average Bonchev–Trinajstić information content (AvgIpc) is 2.55. The van der Waals surface area contributed by atoms with Gasteiger partial charge >= 0.3 is 0 Å². The number of hydrogen-bond acceptors (Lipinski definition) is 3. The van der Waals surface area contributed by atoms with Crippen LogP contribution in [0.2, 0.25) is 0 Å². The van der Waals surface area contributed by atoms with Gasteiger partial charge in [0.1, 0.15) is 0 Å². The average molecular weight is 277 g/mol. The summed E-state index contributed by atoms with van der Waals surface area (Å²) < 4.78 is 0. The van der Waals surface area contributed by atoms with Crippen LogP contribution < -0.4 is 4.90 Å². The minimum absolute atomic E-state index is 0.663. The van der Waals surface area contributed by atoms with Crippen molar-refractivity contribution in [3.63, 3.8) is 0 Å². The van der Waals surface area contributed by atoms with E-state index >= 15 is 0 Å². The van der Waals surface area contributed by atoms with Crippen molar-refractivity contribution in [2.75, 3.05) is 18.0 Å². The summed E-state index contributed by atoms with van der Waals surface area (Å²) in [5.74, 6) is 0. The number of rotatable bonds is 5. The van der Waals surface area contributed by atoms with Crippen LogP contribution in [-0.4, -0.2) is 19.3 Å². The molecule has 0 heterocycles. The third-order valence-corrected chi connectivity index (χ3v) is 3.38. The van der Waals surface area contributed by atoms with Crippen molar-refractivity contribution >= 4 is 17.6 Å². The summed E-state index contributed by atoms with van der Waals surface area (Å²) in [5, 5.41) is 8.76. The first-order chi connectivity index (χ1) is 10.3. The maximum atomic E-state index is 8.76. The van der Waals surface area contributed by atoms with Crippen LogP contribution in [-0.2, 0) is 0 Å². The van der Waals surface area contributed by atoms with Crippen molar-refractivity contribution in [3.05, 3.63) is 59.7 Å². The molecule has 0 aliphatic rings. The Morgan fingerprint density at radius 1 is 1.00 bits per heavy atom. The number of hydrogen-bond donors (Lipinski definition) is 0. The van der Waals surface area contributed by atoms with E-state index in [9.17, 15) is 0 Å². The van der Waals surface area contributed by atoms with Crippen LogP contribution in [0, 0.1) is 11.3 Å². The summed E-state index contributed by atoms with van der Waals surface area (Å²) in [7, 11) is 0. The third kappa shape index (κ3) is 3.93. The monoisotopic (exact) mass is 277 g/mol. The molecular formula is C18H19N3. The Morgan fingerprint density at radius 3 is 2.14 bits per heavy atom. The van der Waals surface area contributed by atoms with Gasteiger partial charge in [0.25, 0.3) is 0 Å². The fourth-order valence-corrected chi connectivity index (χ4v) is 2.13. The molecule has 0 fully saturated rings. The molecule has 0 aliphatic carbocycles. The first-order valence-corrected chi connectivity index (χ1v) is 7.16. The van der Waals surface area contributed by atoms with Gasteiger partial charge in [-0.1, -0.05) is 12.1 Å². The molecule has 0 unspecified atom stereocenters. The van der Waals surface area contributed by atoms with E-state index in [-0.39, 0.29) is 0 Å². The van der Waals surface area contributed by atoms with Crippen molar-refractivity contribution in [2.24, 2.45) is 4.99 Å². The predicted molar refractivity (Wildman–Crippen MR) is 88.4 cm³/mol. The lowest BCUT2D eigenvalue weighted by Crippen LogP contribution is -2.21. The molecule has 0 aliphatic heterocycles. The normalized spacial score (nSPS) is 10.5. The Kier molecular flexibility index (Phi) is 5.11. The molecule has 106 valence electrons. The molecule has 2 aromatic carbocycles. The van der Waals surface area contributed by atoms with Crippen LogP contribution in [0.15, 0.2) is 53.5 Å². The predicted octanol–water partition coefficient (Wildman–Crippen LogP) is 4.16. The number of anilines is 1. The third-order valence-electron chi connectivity index (χ3n) is 3.38. The topological polar surface area (TPSA) is 39.4 Å². The van der Waals surface area contributed by atoms with Crippen LogP contribution >= 0.6 is 0 Å². The fourth-order valence-electron chi connectivity index (χ4n) is 2.13. The number of benzene rings is 2. The standard InChI is InChI=1S/C18H19N3/c1-3-21(4-2)18-11-9-17(10-12-18)20-14-16-7-5-15(13-19)6-8-16/h5-12,14H,3-4H2,1-2H3. The van der Waals surface area contributed by atoms with E-state index in [1.54, 1.807) is 12.1 Å². The van der Waals surface area contributed by atoms with Gasteiger partial charge in [-0.2, -0.15) is 5.26 Å². The molecule has 0 aromatic heterocycles. The Bertz CT molecular complexity index is 630. The van der Waals surface area contributed by atoms with Gasteiger partial charge in [-0.15, -0.1) is 0 Å². The van der Waals surface area contributed by atoms with E-state index < -0.39 is 0 Å². The minimum Gasteiger partial charge on any atom is -0.372 e. The van der Waals surface area contributed by atoms with Gasteiger partial charge in [0, 0.05) is 25.0 Å². The highest BCUT2D eigenvalue weighted by molar-refractivity contribution is 5.82. The first-order valence-electron chi connectivity index (χ1n) is 7.16. The zero-order valence-electron chi connectivity index (χ0n) is 12.5. The molecule has 0 saturated heterocycles. The first kappa shape index (κ1) is 14.8. The van der Waals surface area contributed by atoms with E-state index in [4.69, 9.17) is 5.26 Å². The van der Waals surface area contributed by atoms with E-state index in [0.717, 1.165) is 24.3 Å². The van der Waals surface area contributed by atoms with Gasteiger partial charge in [-0.3, -0.25) is 4.99 Å². The number of nitriles is 1. The smallest absolute Gasteiger partial charge is 0.0991 e. The van der Waals surface area contributed by atoms with Gasteiger partial charge in [0.15, 0.2) is 0 Å². The molecule has 0 N–H and O–H groups in total. The number of nitrogens with zero attached hydrogens (tertiary/aromatic N) is 3. The highest BCUT2D eigenvalue weighted by Crippen LogP contribution is 2.19. The second-order valence-corrected chi connectivity index (χ2v) is 4.68. The van der Waals surface area contributed by atoms with Crippen LogP contribution in [0.5, 0.6) is 0 Å². The zero-order valence-corrected chi connectivity index (χ0v) is 12.5. The highest BCUT2D eigenvalue weighted by Gasteiger charge is 2.00. The Labute approximate surface area is 126 Å². The lowest BCUT2D eigenvalue weighted by atomic mass is 10.2. The molecule has 0 bridgehead atoms. The molecule has 0 saturated carbocycles. The Balaban J connectivity index is 2.08. The van der Waals surface area contributed by atoms with E-state index in [1.807, 2.05) is 30.5 Å². The van der Waals surface area contributed by atoms with Crippen molar-refractivity contribution < 1.29 is 0 Å². The summed E-state index contributed by atoms with van der Waals surface area (Å²) in [4.78, 5) is 6.76. The lowest BCUT2D eigenvalue weighted by molar-refractivity contribution is 0.866. The number of aliphatic imine (C=N–C) groups is 1. The van der Waals surface area contributed by atoms with Gasteiger partial charge in [0.2, 0.25) is 0 Å². The van der Waals surface area contributed by atoms with E-state index in [0.29, 0.717) is 5.56 Å². The summed E-state index contributed by atoms with van der Waals surface area (Å²) in [5.41, 5.74) is 3.80. The van der Waals surface area contributed by atoms with E-state index in [2.05, 4.69) is 41.9 Å². The minimum atomic E-state index is 0.663. The fraction of sp³-hybridized carbons (Fsp3) is 0.222. The van der Waals surface area contributed by atoms with Crippen molar-refractivity contribution in [3.8, 4) is 6.07 Å². The van der Waals surface area contributed by atoms with Gasteiger partial charge in [-0.25, -0.2) is 0 Å². The lowest BCUT2D eigenvalue weighted by Gasteiger charge is -2.20. The molecule has 2 aromatic rings. The molecule has 3 heteroatoms. The summed E-state index contributed by atoms with van der Waals surface area (Å²) in [6.07, 6.45) is 1.81. The SMILES string of the molecule is CCN(CC)c1ccc(N=Cc2ccc(C#N)cc2)cc1. The van der Waals surface area contributed by atoms with Crippen LogP contribution in [0.1, 0.15) is 25.0 Å². The molecule has 0 amide bonds. The Morgan fingerprint density at radius 2 is 1.62 bits per heavy atom. The summed E-state index contributed by atoms with van der Waals surface area (Å²) >= 11 is 0. The van der Waals surface area contributed by atoms with Gasteiger partial charge in [-0.05, 0) is 55.8 Å². The van der Waals surface area contributed by atoms with Crippen LogP contribution in [0.25, 0.3) is 0 Å². The van der Waals surface area contributed by atoms with Crippen molar-refractivity contribution in [2.45, 2.75) is 13.8 Å². The molecule has 0 radical (unpaired) electrons. The largest absolute Gasteiger partial charge is 0.372 e. The maximum absolute atomic E-state index is 8.76. The summed E-state index contributed by atoms with van der Waals surface area (Å²) in [6, 6.07) is 17.7.